The third-order valence-corrected chi connectivity index (χ3v) is 11.6. The van der Waals surface area contributed by atoms with Crippen molar-refractivity contribution < 1.29 is 37.6 Å². The second-order valence-corrected chi connectivity index (χ2v) is 17.8. The van der Waals surface area contributed by atoms with E-state index < -0.39 is 26.5 Å². The lowest BCUT2D eigenvalue weighted by Crippen LogP contribution is -2.29. The number of hydrogen-bond donors (Lipinski definition) is 2. The number of carbonyl (C=O) groups is 2. The Balaban J connectivity index is 4.05. The lowest BCUT2D eigenvalue weighted by Gasteiger charge is -2.19. The summed E-state index contributed by atoms with van der Waals surface area (Å²) in [5.74, 6) is -0.816. The number of phosphoric ester groups is 1. The summed E-state index contributed by atoms with van der Waals surface area (Å²) < 4.78 is 32.9. The normalized spacial score (nSPS) is 13.3. The van der Waals surface area contributed by atoms with Crippen molar-refractivity contribution in [2.24, 2.45) is 5.73 Å². The number of allylic oxidation sites excluding steroid dienone is 2. The Kier molecular flexibility index (Phi) is 43.3. The number of rotatable bonds is 46. The fraction of sp³-hybridized carbons (Fsp3) is 0.915. The van der Waals surface area contributed by atoms with E-state index in [-0.39, 0.29) is 38.6 Å². The first-order valence-corrected chi connectivity index (χ1v) is 25.7. The van der Waals surface area contributed by atoms with Crippen molar-refractivity contribution in [2.75, 3.05) is 26.4 Å². The second kappa shape index (κ2) is 44.3. The van der Waals surface area contributed by atoms with Gasteiger partial charge in [0.25, 0.3) is 0 Å². The smallest absolute Gasteiger partial charge is 0.462 e. The largest absolute Gasteiger partial charge is 0.472 e. The number of phosphoric acid groups is 1. The molecule has 0 radical (unpaired) electrons. The quantitative estimate of drug-likeness (QED) is 0.0266. The maximum Gasteiger partial charge on any atom is 0.472 e. The molecule has 0 fully saturated rings. The summed E-state index contributed by atoms with van der Waals surface area (Å²) in [4.78, 5) is 35.0. The van der Waals surface area contributed by atoms with Crippen molar-refractivity contribution in [1.29, 1.82) is 0 Å². The first kappa shape index (κ1) is 55.8. The first-order valence-electron chi connectivity index (χ1n) is 24.2. The van der Waals surface area contributed by atoms with Gasteiger partial charge in [-0.25, -0.2) is 4.57 Å². The molecule has 3 N–H and O–H groups in total. The molecule has 0 aromatic carbocycles. The fourth-order valence-corrected chi connectivity index (χ4v) is 7.81. The van der Waals surface area contributed by atoms with Crippen LogP contribution in [-0.4, -0.2) is 49.3 Å². The Bertz CT molecular complexity index is 948. The van der Waals surface area contributed by atoms with Gasteiger partial charge in [-0.15, -0.1) is 0 Å². The van der Waals surface area contributed by atoms with Crippen LogP contribution in [0, 0.1) is 0 Å². The van der Waals surface area contributed by atoms with Gasteiger partial charge in [-0.1, -0.05) is 206 Å². The minimum Gasteiger partial charge on any atom is -0.462 e. The molecule has 0 aromatic rings. The highest BCUT2D eigenvalue weighted by molar-refractivity contribution is 7.47. The molecule has 0 aromatic heterocycles. The summed E-state index contributed by atoms with van der Waals surface area (Å²) in [6, 6.07) is 0. The summed E-state index contributed by atoms with van der Waals surface area (Å²) in [6.07, 6.45) is 46.7. The molecule has 338 valence electrons. The molecular weight excluding hydrogens is 737 g/mol. The highest BCUT2D eigenvalue weighted by atomic mass is 31.2. The van der Waals surface area contributed by atoms with Gasteiger partial charge in [-0.2, -0.15) is 0 Å². The molecule has 9 nitrogen and oxygen atoms in total. The van der Waals surface area contributed by atoms with Crippen molar-refractivity contribution >= 4 is 19.8 Å². The van der Waals surface area contributed by atoms with E-state index in [4.69, 9.17) is 24.3 Å². The minimum absolute atomic E-state index is 0.0561. The van der Waals surface area contributed by atoms with Crippen LogP contribution in [0.15, 0.2) is 12.2 Å². The van der Waals surface area contributed by atoms with Crippen LogP contribution < -0.4 is 5.73 Å². The molecule has 0 bridgehead atoms. The van der Waals surface area contributed by atoms with Gasteiger partial charge < -0.3 is 20.1 Å². The third-order valence-electron chi connectivity index (χ3n) is 10.7. The molecule has 0 spiro atoms. The van der Waals surface area contributed by atoms with Gasteiger partial charge in [0.15, 0.2) is 6.10 Å². The van der Waals surface area contributed by atoms with Crippen molar-refractivity contribution in [3.05, 3.63) is 12.2 Å². The molecule has 0 heterocycles. The van der Waals surface area contributed by atoms with Crippen LogP contribution in [0.3, 0.4) is 0 Å². The van der Waals surface area contributed by atoms with Gasteiger partial charge in [0.1, 0.15) is 6.61 Å². The van der Waals surface area contributed by atoms with E-state index in [1.165, 1.54) is 173 Å². The van der Waals surface area contributed by atoms with Crippen molar-refractivity contribution in [3.8, 4) is 0 Å². The molecule has 10 heteroatoms. The Hall–Kier alpha value is -1.25. The zero-order valence-electron chi connectivity index (χ0n) is 37.3. The van der Waals surface area contributed by atoms with Gasteiger partial charge in [-0.3, -0.25) is 18.6 Å². The van der Waals surface area contributed by atoms with Gasteiger partial charge in [0.2, 0.25) is 0 Å². The average Bonchev–Trinajstić information content (AvgIpc) is 3.20. The van der Waals surface area contributed by atoms with Gasteiger partial charge in [-0.05, 0) is 38.5 Å². The summed E-state index contributed by atoms with van der Waals surface area (Å²) in [6.45, 7) is 3.77. The second-order valence-electron chi connectivity index (χ2n) is 16.3. The van der Waals surface area contributed by atoms with Gasteiger partial charge in [0.05, 0.1) is 13.2 Å². The summed E-state index contributed by atoms with van der Waals surface area (Å²) in [5.41, 5.74) is 5.36. The van der Waals surface area contributed by atoms with E-state index in [1.807, 2.05) is 0 Å². The van der Waals surface area contributed by atoms with Crippen molar-refractivity contribution in [1.82, 2.24) is 0 Å². The molecular formula is C47H92NO8P. The van der Waals surface area contributed by atoms with Crippen LogP contribution >= 0.6 is 7.82 Å². The Morgan fingerprint density at radius 3 is 1.25 bits per heavy atom. The predicted octanol–water partition coefficient (Wildman–Crippen LogP) is 14.2. The van der Waals surface area contributed by atoms with Crippen LogP contribution in [-0.2, 0) is 32.7 Å². The maximum atomic E-state index is 12.6. The molecule has 1 unspecified atom stereocenters. The number of hydrogen-bond acceptors (Lipinski definition) is 8. The lowest BCUT2D eigenvalue weighted by atomic mass is 10.0. The molecule has 2 atom stereocenters. The molecule has 0 aliphatic heterocycles. The number of ether oxygens (including phenoxy) is 2. The Morgan fingerprint density at radius 2 is 0.860 bits per heavy atom. The van der Waals surface area contributed by atoms with E-state index in [0.717, 1.165) is 38.5 Å². The molecule has 0 amide bonds. The topological polar surface area (TPSA) is 134 Å². The number of carbonyl (C=O) groups excluding carboxylic acids is 2. The van der Waals surface area contributed by atoms with Crippen molar-refractivity contribution in [3.63, 3.8) is 0 Å². The van der Waals surface area contributed by atoms with Crippen LogP contribution in [0.1, 0.15) is 245 Å². The van der Waals surface area contributed by atoms with Gasteiger partial charge >= 0.3 is 19.8 Å². The lowest BCUT2D eigenvalue weighted by molar-refractivity contribution is -0.161. The van der Waals surface area contributed by atoms with Crippen LogP contribution in [0.2, 0.25) is 0 Å². The zero-order chi connectivity index (χ0) is 41.8. The number of nitrogens with two attached hydrogens (primary N) is 1. The molecule has 57 heavy (non-hydrogen) atoms. The summed E-state index contributed by atoms with van der Waals surface area (Å²) >= 11 is 0. The molecule has 0 saturated carbocycles. The Morgan fingerprint density at radius 1 is 0.509 bits per heavy atom. The zero-order valence-corrected chi connectivity index (χ0v) is 38.2. The van der Waals surface area contributed by atoms with Crippen LogP contribution in [0.4, 0.5) is 0 Å². The van der Waals surface area contributed by atoms with E-state index in [1.54, 1.807) is 0 Å². The Labute approximate surface area is 351 Å². The summed E-state index contributed by atoms with van der Waals surface area (Å²) in [7, 11) is -4.37. The fourth-order valence-electron chi connectivity index (χ4n) is 7.04. The van der Waals surface area contributed by atoms with E-state index >= 15 is 0 Å². The van der Waals surface area contributed by atoms with E-state index in [2.05, 4.69) is 26.0 Å². The number of unbranched alkanes of at least 4 members (excludes halogenated alkanes) is 31. The number of esters is 2. The molecule has 0 rings (SSSR count). The standard InChI is InChI=1S/C47H92NO8P/c1-3-5-7-9-11-13-15-17-19-21-22-24-26-28-30-32-34-36-38-40-47(50)56-45(44-55-57(51,52)54-42-41-48)43-53-46(49)39-37-35-33-31-29-27-25-23-20-18-16-14-12-10-8-6-4-2/h17,19,45H,3-16,18,20-44,48H2,1-2H3,(H,51,52)/b19-17-/t45-/m1/s1. The highest BCUT2D eigenvalue weighted by Crippen LogP contribution is 2.43. The van der Waals surface area contributed by atoms with E-state index in [9.17, 15) is 19.0 Å². The molecule has 0 aliphatic carbocycles. The SMILES string of the molecule is CCCCCCCC/C=C\CCCCCCCCCCCC(=O)O[C@H](COC(=O)CCCCCCCCCCCCCCCCCCC)COP(=O)(O)OCCN. The van der Waals surface area contributed by atoms with Crippen LogP contribution in [0.25, 0.3) is 0 Å². The van der Waals surface area contributed by atoms with Crippen molar-refractivity contribution in [2.45, 2.75) is 251 Å². The predicted molar refractivity (Wildman–Crippen MR) is 238 cm³/mol. The van der Waals surface area contributed by atoms with Gasteiger partial charge in [0, 0.05) is 19.4 Å². The molecule has 0 saturated heterocycles. The monoisotopic (exact) mass is 830 g/mol. The first-order chi connectivity index (χ1) is 27.8. The molecule has 0 aliphatic rings. The van der Waals surface area contributed by atoms with E-state index in [0.29, 0.717) is 6.42 Å². The highest BCUT2D eigenvalue weighted by Gasteiger charge is 2.26. The third kappa shape index (κ3) is 44.1. The maximum absolute atomic E-state index is 12.6. The minimum atomic E-state index is -4.37. The van der Waals surface area contributed by atoms with Crippen LogP contribution in [0.5, 0.6) is 0 Å². The average molecular weight is 830 g/mol. The summed E-state index contributed by atoms with van der Waals surface area (Å²) in [5, 5.41) is 0.